The number of amides is 1. The van der Waals surface area contributed by atoms with Gasteiger partial charge in [0.15, 0.2) is 11.5 Å². The van der Waals surface area contributed by atoms with Crippen LogP contribution < -0.4 is 20.3 Å². The van der Waals surface area contributed by atoms with Crippen molar-refractivity contribution < 1.29 is 14.3 Å². The maximum absolute atomic E-state index is 13.0. The minimum atomic E-state index is -0.266. The molecule has 0 saturated heterocycles. The molecule has 32 heavy (non-hydrogen) atoms. The summed E-state index contributed by atoms with van der Waals surface area (Å²) in [6.07, 6.45) is -0.266. The average molecular weight is 427 g/mol. The highest BCUT2D eigenvalue weighted by atomic mass is 16.6. The molecule has 0 spiro atoms. The van der Waals surface area contributed by atoms with Crippen LogP contribution in [0.15, 0.2) is 77.6 Å². The average Bonchev–Trinajstić information content (AvgIpc) is 2.83. The standard InChI is InChI=1S/C25H21N3O4/c1-16-27-21-7-3-2-6-20(21)25(30)28(16)18-12-10-17(11-13-18)24(29)26-14-19-15-31-22-8-4-5-9-23(22)32-19/h2-13,19H,14-15H2,1H3,(H,26,29). The van der Waals surface area contributed by atoms with Gasteiger partial charge in [-0.2, -0.15) is 0 Å². The van der Waals surface area contributed by atoms with Crippen LogP contribution in [0.4, 0.5) is 0 Å². The summed E-state index contributed by atoms with van der Waals surface area (Å²) in [6.45, 7) is 2.48. The number of nitrogens with zero attached hydrogens (tertiary/aromatic N) is 2. The molecule has 0 fully saturated rings. The van der Waals surface area contributed by atoms with Crippen molar-refractivity contribution in [3.63, 3.8) is 0 Å². The van der Waals surface area contributed by atoms with E-state index in [4.69, 9.17) is 9.47 Å². The summed E-state index contributed by atoms with van der Waals surface area (Å²) in [6, 6.07) is 21.6. The minimum Gasteiger partial charge on any atom is -0.486 e. The molecule has 160 valence electrons. The number of ether oxygens (including phenoxy) is 2. The quantitative estimate of drug-likeness (QED) is 0.541. The van der Waals surface area contributed by atoms with Gasteiger partial charge in [-0.1, -0.05) is 24.3 Å². The molecule has 1 amide bonds. The van der Waals surface area contributed by atoms with E-state index in [-0.39, 0.29) is 17.6 Å². The molecule has 3 aromatic carbocycles. The van der Waals surface area contributed by atoms with E-state index in [0.29, 0.717) is 52.6 Å². The smallest absolute Gasteiger partial charge is 0.265 e. The summed E-state index contributed by atoms with van der Waals surface area (Å²) >= 11 is 0. The van der Waals surface area contributed by atoms with E-state index in [2.05, 4.69) is 10.3 Å². The second-order valence-electron chi connectivity index (χ2n) is 7.57. The normalized spacial score (nSPS) is 14.8. The molecule has 4 aromatic rings. The fourth-order valence-corrected chi connectivity index (χ4v) is 3.78. The summed E-state index contributed by atoms with van der Waals surface area (Å²) in [5.41, 5.74) is 1.67. The Hall–Kier alpha value is -4.13. The molecular weight excluding hydrogens is 406 g/mol. The molecule has 7 nitrogen and oxygen atoms in total. The van der Waals surface area contributed by atoms with Crippen molar-refractivity contribution in [2.45, 2.75) is 13.0 Å². The lowest BCUT2D eigenvalue weighted by Crippen LogP contribution is -2.40. The highest BCUT2D eigenvalue weighted by Crippen LogP contribution is 2.30. The van der Waals surface area contributed by atoms with Crippen molar-refractivity contribution in [2.75, 3.05) is 13.2 Å². The van der Waals surface area contributed by atoms with Gasteiger partial charge in [0.25, 0.3) is 11.5 Å². The van der Waals surface area contributed by atoms with E-state index >= 15 is 0 Å². The van der Waals surface area contributed by atoms with E-state index in [9.17, 15) is 9.59 Å². The third-order valence-electron chi connectivity index (χ3n) is 5.39. The number of nitrogens with one attached hydrogen (secondary N) is 1. The number of aromatic nitrogens is 2. The Bertz CT molecular complexity index is 1360. The minimum absolute atomic E-state index is 0.139. The lowest BCUT2D eigenvalue weighted by atomic mass is 10.1. The number of rotatable bonds is 4. The lowest BCUT2D eigenvalue weighted by Gasteiger charge is -2.26. The predicted octanol–water partition coefficient (Wildman–Crippen LogP) is 3.26. The number of aryl methyl sites for hydroxylation is 1. The van der Waals surface area contributed by atoms with Crippen molar-refractivity contribution >= 4 is 16.8 Å². The predicted molar refractivity (Wildman–Crippen MR) is 121 cm³/mol. The number of hydrogen-bond acceptors (Lipinski definition) is 5. The maximum atomic E-state index is 13.0. The van der Waals surface area contributed by atoms with Crippen molar-refractivity contribution in [1.29, 1.82) is 0 Å². The zero-order valence-electron chi connectivity index (χ0n) is 17.4. The number of carbonyl (C=O) groups excluding carboxylic acids is 1. The Kier molecular flexibility index (Phi) is 5.07. The highest BCUT2D eigenvalue weighted by Gasteiger charge is 2.21. The zero-order valence-corrected chi connectivity index (χ0v) is 17.4. The Balaban J connectivity index is 1.30. The Morgan fingerprint density at radius 1 is 1.03 bits per heavy atom. The van der Waals surface area contributed by atoms with Crippen LogP contribution in [0.2, 0.25) is 0 Å². The Labute approximate surface area is 184 Å². The third-order valence-corrected chi connectivity index (χ3v) is 5.39. The molecule has 1 aromatic heterocycles. The van der Waals surface area contributed by atoms with Crippen LogP contribution in [0.3, 0.4) is 0 Å². The fraction of sp³-hybridized carbons (Fsp3) is 0.160. The van der Waals surface area contributed by atoms with Gasteiger partial charge in [0.1, 0.15) is 18.5 Å². The molecule has 1 aliphatic rings. The summed E-state index contributed by atoms with van der Waals surface area (Å²) in [7, 11) is 0. The molecule has 5 rings (SSSR count). The molecule has 1 aliphatic heterocycles. The summed E-state index contributed by atoms with van der Waals surface area (Å²) in [5.74, 6) is 1.74. The first-order chi connectivity index (χ1) is 15.6. The number of benzene rings is 3. The summed E-state index contributed by atoms with van der Waals surface area (Å²) in [4.78, 5) is 30.1. The van der Waals surface area contributed by atoms with Gasteiger partial charge in [0, 0.05) is 5.56 Å². The number of para-hydroxylation sites is 3. The molecule has 7 heteroatoms. The van der Waals surface area contributed by atoms with Crippen LogP contribution in [-0.4, -0.2) is 34.7 Å². The summed E-state index contributed by atoms with van der Waals surface area (Å²) in [5, 5.41) is 3.43. The van der Waals surface area contributed by atoms with E-state index < -0.39 is 0 Å². The monoisotopic (exact) mass is 427 g/mol. The van der Waals surface area contributed by atoms with Crippen molar-refractivity contribution in [3.8, 4) is 17.2 Å². The second kappa shape index (κ2) is 8.19. The van der Waals surface area contributed by atoms with E-state index in [1.165, 1.54) is 0 Å². The van der Waals surface area contributed by atoms with Crippen LogP contribution in [0.5, 0.6) is 11.5 Å². The van der Waals surface area contributed by atoms with Gasteiger partial charge in [-0.3, -0.25) is 14.2 Å². The first-order valence-corrected chi connectivity index (χ1v) is 10.4. The molecule has 0 saturated carbocycles. The molecule has 1 N–H and O–H groups in total. The lowest BCUT2D eigenvalue weighted by molar-refractivity contribution is 0.0789. The van der Waals surface area contributed by atoms with E-state index in [0.717, 1.165) is 0 Å². The Morgan fingerprint density at radius 2 is 1.75 bits per heavy atom. The van der Waals surface area contributed by atoms with Gasteiger partial charge >= 0.3 is 0 Å². The number of hydrogen-bond donors (Lipinski definition) is 1. The van der Waals surface area contributed by atoms with E-state index in [1.54, 1.807) is 41.8 Å². The molecule has 2 heterocycles. The fourth-order valence-electron chi connectivity index (χ4n) is 3.78. The van der Waals surface area contributed by atoms with Gasteiger partial charge in [0.2, 0.25) is 0 Å². The summed E-state index contributed by atoms with van der Waals surface area (Å²) < 4.78 is 13.1. The van der Waals surface area contributed by atoms with Crippen LogP contribution in [-0.2, 0) is 0 Å². The van der Waals surface area contributed by atoms with Gasteiger partial charge < -0.3 is 14.8 Å². The Morgan fingerprint density at radius 3 is 2.56 bits per heavy atom. The van der Waals surface area contributed by atoms with Crippen molar-refractivity contribution in [2.24, 2.45) is 0 Å². The zero-order chi connectivity index (χ0) is 22.1. The molecule has 0 radical (unpaired) electrons. The topological polar surface area (TPSA) is 82.5 Å². The molecule has 1 atom stereocenters. The van der Waals surface area contributed by atoms with Crippen LogP contribution in [0, 0.1) is 6.92 Å². The largest absolute Gasteiger partial charge is 0.486 e. The molecule has 1 unspecified atom stereocenters. The van der Waals surface area contributed by atoms with Gasteiger partial charge in [-0.25, -0.2) is 4.98 Å². The van der Waals surface area contributed by atoms with Gasteiger partial charge in [0.05, 0.1) is 23.1 Å². The highest BCUT2D eigenvalue weighted by molar-refractivity contribution is 5.94. The van der Waals surface area contributed by atoms with Crippen molar-refractivity contribution in [3.05, 3.63) is 94.5 Å². The molecule has 0 aliphatic carbocycles. The second-order valence-corrected chi connectivity index (χ2v) is 7.57. The van der Waals surface area contributed by atoms with Gasteiger partial charge in [-0.05, 0) is 55.5 Å². The third kappa shape index (κ3) is 3.69. The van der Waals surface area contributed by atoms with E-state index in [1.807, 2.05) is 42.5 Å². The number of carbonyl (C=O) groups is 1. The first-order valence-electron chi connectivity index (χ1n) is 10.4. The van der Waals surface area contributed by atoms with Gasteiger partial charge in [-0.15, -0.1) is 0 Å². The maximum Gasteiger partial charge on any atom is 0.265 e. The van der Waals surface area contributed by atoms with Crippen LogP contribution >= 0.6 is 0 Å². The SMILES string of the molecule is Cc1nc2ccccc2c(=O)n1-c1ccc(C(=O)NCC2COc3ccccc3O2)cc1. The molecule has 0 bridgehead atoms. The van der Waals surface area contributed by atoms with Crippen molar-refractivity contribution in [1.82, 2.24) is 14.9 Å². The van der Waals surface area contributed by atoms with Crippen LogP contribution in [0.25, 0.3) is 16.6 Å². The first kappa shape index (κ1) is 19.8. The van der Waals surface area contributed by atoms with Crippen LogP contribution in [0.1, 0.15) is 16.2 Å². The molecular formula is C25H21N3O4. The number of fused-ring (bicyclic) bond motifs is 2.